The highest BCUT2D eigenvalue weighted by Crippen LogP contribution is 2.24. The van der Waals surface area contributed by atoms with Crippen LogP contribution >= 0.6 is 0 Å². The van der Waals surface area contributed by atoms with Crippen LogP contribution in [0.3, 0.4) is 0 Å². The van der Waals surface area contributed by atoms with E-state index in [1.54, 1.807) is 6.07 Å². The molecule has 0 unspecified atom stereocenters. The Bertz CT molecular complexity index is 634. The van der Waals surface area contributed by atoms with E-state index >= 15 is 0 Å². The minimum absolute atomic E-state index is 0.519. The molecule has 1 heterocycles. The Morgan fingerprint density at radius 3 is 2.94 bits per heavy atom. The lowest BCUT2D eigenvalue weighted by molar-refractivity contribution is 0.656. The molecule has 0 bridgehead atoms. The van der Waals surface area contributed by atoms with Gasteiger partial charge in [0.25, 0.3) is 0 Å². The van der Waals surface area contributed by atoms with Gasteiger partial charge in [0, 0.05) is 17.1 Å². The van der Waals surface area contributed by atoms with Crippen molar-refractivity contribution in [1.29, 1.82) is 5.26 Å². The minimum atomic E-state index is 0.519. The fourth-order valence-electron chi connectivity index (χ4n) is 2.48. The molecule has 0 spiro atoms. The zero-order valence-electron chi connectivity index (χ0n) is 10.1. The highest BCUT2D eigenvalue weighted by molar-refractivity contribution is 5.58. The zero-order chi connectivity index (χ0) is 12.5. The number of nitrogens with zero attached hydrogens (tertiary/aromatic N) is 3. The number of rotatable bonds is 1. The molecule has 90 valence electrons. The Hall–Kier alpha value is -2.28. The van der Waals surface area contributed by atoms with Crippen LogP contribution in [0.4, 0.5) is 5.69 Å². The first-order chi connectivity index (χ1) is 8.79. The maximum atomic E-state index is 9.02. The summed E-state index contributed by atoms with van der Waals surface area (Å²) in [5, 5.41) is 9.02. The Morgan fingerprint density at radius 1 is 1.28 bits per heavy atom. The molecule has 3 rings (SSSR count). The molecular formula is C14H14N4. The molecule has 0 amide bonds. The number of fused-ring (bicyclic) bond motifs is 1. The third-order valence-electron chi connectivity index (χ3n) is 3.47. The van der Waals surface area contributed by atoms with E-state index in [9.17, 15) is 0 Å². The Balaban J connectivity index is 2.10. The van der Waals surface area contributed by atoms with Crippen LogP contribution in [0, 0.1) is 11.3 Å². The molecule has 0 radical (unpaired) electrons. The van der Waals surface area contributed by atoms with Crippen molar-refractivity contribution in [1.82, 2.24) is 9.55 Å². The lowest BCUT2D eigenvalue weighted by atomic mass is 10.0. The van der Waals surface area contributed by atoms with Gasteiger partial charge in [-0.2, -0.15) is 5.26 Å². The smallest absolute Gasteiger partial charge is 0.101 e. The van der Waals surface area contributed by atoms with Gasteiger partial charge in [-0.25, -0.2) is 4.98 Å². The van der Waals surface area contributed by atoms with E-state index in [2.05, 4.69) is 15.6 Å². The molecule has 2 aromatic rings. The molecule has 0 saturated carbocycles. The average Bonchev–Trinajstić information content (AvgIpc) is 2.83. The Morgan fingerprint density at radius 2 is 2.11 bits per heavy atom. The van der Waals surface area contributed by atoms with E-state index in [4.69, 9.17) is 11.0 Å². The van der Waals surface area contributed by atoms with Gasteiger partial charge in [0.05, 0.1) is 17.6 Å². The number of hydrogen-bond donors (Lipinski definition) is 1. The standard InChI is InChI=1S/C14H14N4/c15-8-10-7-11(5-6-12(10)16)18-9-17-13-3-1-2-4-14(13)18/h5-7,9H,1-4,16H2. The first-order valence-corrected chi connectivity index (χ1v) is 6.14. The van der Waals surface area contributed by atoms with Crippen LogP contribution in [-0.2, 0) is 12.8 Å². The molecule has 1 aromatic carbocycles. The molecule has 4 heteroatoms. The monoisotopic (exact) mass is 238 g/mol. The number of hydrogen-bond acceptors (Lipinski definition) is 3. The van der Waals surface area contributed by atoms with Gasteiger partial charge in [0.15, 0.2) is 0 Å². The third-order valence-corrected chi connectivity index (χ3v) is 3.47. The molecular weight excluding hydrogens is 224 g/mol. The molecule has 4 nitrogen and oxygen atoms in total. The summed E-state index contributed by atoms with van der Waals surface area (Å²) in [5.74, 6) is 0. The van der Waals surface area contributed by atoms with Crippen LogP contribution < -0.4 is 5.73 Å². The van der Waals surface area contributed by atoms with E-state index in [0.29, 0.717) is 11.3 Å². The summed E-state index contributed by atoms with van der Waals surface area (Å²) in [5.41, 5.74) is 10.2. The topological polar surface area (TPSA) is 67.6 Å². The molecule has 1 aliphatic rings. The Labute approximate surface area is 106 Å². The zero-order valence-corrected chi connectivity index (χ0v) is 10.1. The number of benzene rings is 1. The number of aromatic nitrogens is 2. The van der Waals surface area contributed by atoms with E-state index in [-0.39, 0.29) is 0 Å². The summed E-state index contributed by atoms with van der Waals surface area (Å²) in [6.07, 6.45) is 6.39. The number of imidazole rings is 1. The average molecular weight is 238 g/mol. The third kappa shape index (κ3) is 1.65. The van der Waals surface area contributed by atoms with Crippen molar-refractivity contribution >= 4 is 5.69 Å². The van der Waals surface area contributed by atoms with E-state index in [0.717, 1.165) is 18.5 Å². The van der Waals surface area contributed by atoms with Crippen molar-refractivity contribution < 1.29 is 0 Å². The first-order valence-electron chi connectivity index (χ1n) is 6.14. The fraction of sp³-hybridized carbons (Fsp3) is 0.286. The number of aryl methyl sites for hydroxylation is 1. The minimum Gasteiger partial charge on any atom is -0.398 e. The predicted molar refractivity (Wildman–Crippen MR) is 69.3 cm³/mol. The van der Waals surface area contributed by atoms with Gasteiger partial charge in [-0.05, 0) is 43.9 Å². The van der Waals surface area contributed by atoms with Crippen LogP contribution in [0.15, 0.2) is 24.5 Å². The van der Waals surface area contributed by atoms with Crippen molar-refractivity contribution in [2.75, 3.05) is 5.73 Å². The van der Waals surface area contributed by atoms with Crippen molar-refractivity contribution in [3.8, 4) is 11.8 Å². The predicted octanol–water partition coefficient (Wildman–Crippen LogP) is 2.20. The lowest BCUT2D eigenvalue weighted by Crippen LogP contribution is -2.07. The summed E-state index contributed by atoms with van der Waals surface area (Å²) in [6, 6.07) is 7.66. The second kappa shape index (κ2) is 4.19. The SMILES string of the molecule is N#Cc1cc(-n2cnc3c2CCCC3)ccc1N. The second-order valence-electron chi connectivity index (χ2n) is 4.60. The van der Waals surface area contributed by atoms with E-state index in [1.807, 2.05) is 18.5 Å². The first kappa shape index (κ1) is 10.8. The van der Waals surface area contributed by atoms with Gasteiger partial charge in [-0.15, -0.1) is 0 Å². The van der Waals surface area contributed by atoms with Crippen molar-refractivity contribution in [3.63, 3.8) is 0 Å². The summed E-state index contributed by atoms with van der Waals surface area (Å²) >= 11 is 0. The fourth-order valence-corrected chi connectivity index (χ4v) is 2.48. The van der Waals surface area contributed by atoms with Crippen molar-refractivity contribution in [2.45, 2.75) is 25.7 Å². The summed E-state index contributed by atoms with van der Waals surface area (Å²) in [4.78, 5) is 4.46. The van der Waals surface area contributed by atoms with Gasteiger partial charge < -0.3 is 10.3 Å². The van der Waals surface area contributed by atoms with Crippen LogP contribution in [0.25, 0.3) is 5.69 Å². The highest BCUT2D eigenvalue weighted by Gasteiger charge is 2.16. The summed E-state index contributed by atoms with van der Waals surface area (Å²) in [6.45, 7) is 0. The molecule has 0 fully saturated rings. The van der Waals surface area contributed by atoms with E-state index in [1.165, 1.54) is 24.2 Å². The summed E-state index contributed by atoms with van der Waals surface area (Å²) < 4.78 is 2.08. The van der Waals surface area contributed by atoms with Crippen LogP contribution in [0.1, 0.15) is 29.8 Å². The van der Waals surface area contributed by atoms with E-state index < -0.39 is 0 Å². The molecule has 0 aliphatic heterocycles. The van der Waals surface area contributed by atoms with Crippen molar-refractivity contribution in [2.24, 2.45) is 0 Å². The van der Waals surface area contributed by atoms with Gasteiger partial charge in [0.1, 0.15) is 6.07 Å². The molecule has 0 saturated heterocycles. The molecule has 2 N–H and O–H groups in total. The molecule has 0 atom stereocenters. The molecule has 1 aliphatic carbocycles. The number of nitriles is 1. The van der Waals surface area contributed by atoms with Crippen LogP contribution in [0.2, 0.25) is 0 Å². The normalized spacial score (nSPS) is 13.9. The number of nitrogen functional groups attached to an aromatic ring is 1. The molecule has 18 heavy (non-hydrogen) atoms. The van der Waals surface area contributed by atoms with Gasteiger partial charge in [-0.1, -0.05) is 0 Å². The second-order valence-corrected chi connectivity index (χ2v) is 4.60. The van der Waals surface area contributed by atoms with Crippen molar-refractivity contribution in [3.05, 3.63) is 41.5 Å². The Kier molecular flexibility index (Phi) is 2.52. The number of nitrogens with two attached hydrogens (primary N) is 1. The van der Waals surface area contributed by atoms with Crippen LogP contribution in [0.5, 0.6) is 0 Å². The van der Waals surface area contributed by atoms with Gasteiger partial charge >= 0.3 is 0 Å². The van der Waals surface area contributed by atoms with Gasteiger partial charge in [-0.3, -0.25) is 0 Å². The highest BCUT2D eigenvalue weighted by atomic mass is 15.1. The maximum absolute atomic E-state index is 9.02. The molecule has 1 aromatic heterocycles. The largest absolute Gasteiger partial charge is 0.398 e. The quantitative estimate of drug-likeness (QED) is 0.774. The number of anilines is 1. The maximum Gasteiger partial charge on any atom is 0.101 e. The summed E-state index contributed by atoms with van der Waals surface area (Å²) in [7, 11) is 0. The van der Waals surface area contributed by atoms with Gasteiger partial charge in [0.2, 0.25) is 0 Å². The van der Waals surface area contributed by atoms with Crippen LogP contribution in [-0.4, -0.2) is 9.55 Å². The lowest BCUT2D eigenvalue weighted by Gasteiger charge is -2.14.